The third-order valence-electron chi connectivity index (χ3n) is 0. The topological polar surface area (TPSA) is 34.1 Å². The second-order valence-corrected chi connectivity index (χ2v) is 0.250. The Morgan fingerprint density at radius 3 is 0.857 bits per heavy atom. The molecule has 0 heterocycles. The van der Waals surface area contributed by atoms with Crippen molar-refractivity contribution in [3.05, 3.63) is 0 Å². The smallest absolute Gasteiger partial charge is 1.00 e. The van der Waals surface area contributed by atoms with E-state index in [4.69, 9.17) is 8.92 Å². The van der Waals surface area contributed by atoms with E-state index in [2.05, 4.69) is 0 Å². The van der Waals surface area contributed by atoms with Crippen LogP contribution in [0.3, 0.4) is 0 Å². The van der Waals surface area contributed by atoms with Gasteiger partial charge in [0.05, 0.1) is 0 Å². The monoisotopic (exact) mass is 192 g/mol. The first-order chi connectivity index (χ1) is 1.41. The van der Waals surface area contributed by atoms with Gasteiger partial charge in [-0.1, -0.05) is 0 Å². The van der Waals surface area contributed by atoms with Crippen LogP contribution in [-0.2, 0) is 8.92 Å². The molecule has 0 radical (unpaired) electrons. The van der Waals surface area contributed by atoms with Gasteiger partial charge < -0.3 is 37.2 Å². The minimum atomic E-state index is -1.42. The Bertz CT molecular complexity index is 33.9. The summed E-state index contributed by atoms with van der Waals surface area (Å²) in [5.41, 5.74) is 0. The first kappa shape index (κ1) is 41.3. The number of halogens is 3. The van der Waals surface area contributed by atoms with Crippen LogP contribution in [0.15, 0.2) is 0 Å². The quantitative estimate of drug-likeness (QED) is 0.358. The van der Waals surface area contributed by atoms with Crippen LogP contribution in [0.2, 0.25) is 0 Å². The molecule has 7 heteroatoms. The van der Waals surface area contributed by atoms with Crippen LogP contribution in [0.25, 0.3) is 0 Å². The second-order valence-electron chi connectivity index (χ2n) is 0.0833. The summed E-state index contributed by atoms with van der Waals surface area (Å²) >= 11 is 0. The molecule has 7 heavy (non-hydrogen) atoms. The van der Waals surface area contributed by atoms with Gasteiger partial charge in [-0.25, -0.2) is 0 Å². The Labute approximate surface area is 72.7 Å². The SMILES string of the molecule is O=[Si]=O.[Al+3].[Cl-].[Cl-].[Cl-]. The van der Waals surface area contributed by atoms with Crippen LogP contribution < -0.4 is 37.2 Å². The van der Waals surface area contributed by atoms with E-state index in [9.17, 15) is 0 Å². The minimum Gasteiger partial charge on any atom is -1.00 e. The van der Waals surface area contributed by atoms with Crippen molar-refractivity contribution in [2.75, 3.05) is 0 Å². The minimum absolute atomic E-state index is 0. The molecule has 2 nitrogen and oxygen atoms in total. The van der Waals surface area contributed by atoms with Crippen molar-refractivity contribution < 1.29 is 46.1 Å². The molecule has 0 amide bonds. The van der Waals surface area contributed by atoms with Gasteiger partial charge in [0.15, 0.2) is 0 Å². The van der Waals surface area contributed by atoms with Crippen molar-refractivity contribution in [1.29, 1.82) is 0 Å². The molecular formula is AlCl3O2Si. The normalized spacial score (nSPS) is 1.14. The van der Waals surface area contributed by atoms with Crippen LogP contribution in [0, 0.1) is 0 Å². The fourth-order valence-corrected chi connectivity index (χ4v) is 0. The Morgan fingerprint density at radius 2 is 0.857 bits per heavy atom. The van der Waals surface area contributed by atoms with Gasteiger partial charge >= 0.3 is 26.7 Å². The first-order valence-corrected chi connectivity index (χ1v) is 1.22. The van der Waals surface area contributed by atoms with Crippen LogP contribution in [0.5, 0.6) is 0 Å². The molecule has 0 aliphatic carbocycles. The van der Waals surface area contributed by atoms with E-state index in [1.807, 2.05) is 0 Å². The van der Waals surface area contributed by atoms with Crippen molar-refractivity contribution in [3.63, 3.8) is 0 Å². The second kappa shape index (κ2) is 56.7. The van der Waals surface area contributed by atoms with E-state index in [1.54, 1.807) is 0 Å². The molecule has 40 valence electrons. The van der Waals surface area contributed by atoms with Crippen LogP contribution in [0.1, 0.15) is 0 Å². The maximum absolute atomic E-state index is 8.40. The average Bonchev–Trinajstić information content (AvgIpc) is 0.918. The summed E-state index contributed by atoms with van der Waals surface area (Å²) in [4.78, 5) is 0. The fraction of sp³-hybridized carbons (Fsp3) is 0. The van der Waals surface area contributed by atoms with Gasteiger partial charge in [-0.2, -0.15) is 0 Å². The average molecular weight is 193 g/mol. The summed E-state index contributed by atoms with van der Waals surface area (Å²) in [6.45, 7) is 0. The van der Waals surface area contributed by atoms with Crippen molar-refractivity contribution in [1.82, 2.24) is 0 Å². The fourth-order valence-electron chi connectivity index (χ4n) is 0. The van der Waals surface area contributed by atoms with Gasteiger partial charge in [-0.15, -0.1) is 0 Å². The molecule has 0 N–H and O–H groups in total. The van der Waals surface area contributed by atoms with Crippen LogP contribution >= 0.6 is 0 Å². The van der Waals surface area contributed by atoms with E-state index >= 15 is 0 Å². The van der Waals surface area contributed by atoms with Gasteiger partial charge in [-0.05, 0) is 0 Å². The molecule has 0 aliphatic heterocycles. The summed E-state index contributed by atoms with van der Waals surface area (Å²) < 4.78 is 16.8. The van der Waals surface area contributed by atoms with Crippen molar-refractivity contribution in [2.24, 2.45) is 0 Å². The number of rotatable bonds is 0. The van der Waals surface area contributed by atoms with Gasteiger partial charge in [0, 0.05) is 0 Å². The van der Waals surface area contributed by atoms with Crippen molar-refractivity contribution in [3.8, 4) is 0 Å². The molecule has 0 aromatic heterocycles. The molecule has 0 unspecified atom stereocenters. The Kier molecular flexibility index (Phi) is 335. The molecule has 0 aromatic rings. The van der Waals surface area contributed by atoms with Crippen LogP contribution in [-0.4, -0.2) is 26.7 Å². The molecule has 0 saturated carbocycles. The zero-order valence-corrected chi connectivity index (χ0v) is 7.45. The predicted octanol–water partition coefficient (Wildman–Crippen LogP) is -9.99. The Hall–Kier alpha value is 1.22. The first-order valence-electron chi connectivity index (χ1n) is 0.408. The zero-order valence-electron chi connectivity index (χ0n) is 3.03. The summed E-state index contributed by atoms with van der Waals surface area (Å²) in [6, 6.07) is 0. The Morgan fingerprint density at radius 1 is 0.857 bits per heavy atom. The molecule has 0 aromatic carbocycles. The standard InChI is InChI=1S/Al.3ClH.O2Si/c;;;;1-3-2/h;3*1H;/q+3;;;;/p-3. The molecule has 0 spiro atoms. The number of hydrogen-bond acceptors (Lipinski definition) is 2. The Balaban J connectivity index is -0.00000000333. The van der Waals surface area contributed by atoms with Gasteiger partial charge in [0.25, 0.3) is 0 Å². The molecular weight excluding hydrogens is 193 g/mol. The summed E-state index contributed by atoms with van der Waals surface area (Å²) in [6.07, 6.45) is 0. The third-order valence-corrected chi connectivity index (χ3v) is 0. The summed E-state index contributed by atoms with van der Waals surface area (Å²) in [7, 11) is -1.42. The molecule has 0 aliphatic rings. The maximum Gasteiger partial charge on any atom is 3.00 e. The van der Waals surface area contributed by atoms with Gasteiger partial charge in [-0.3, -0.25) is 8.92 Å². The predicted molar refractivity (Wildman–Crippen MR) is 12.9 cm³/mol. The third kappa shape index (κ3) is 132. The van der Waals surface area contributed by atoms with Gasteiger partial charge in [0.1, 0.15) is 0 Å². The zero-order chi connectivity index (χ0) is 2.71. The van der Waals surface area contributed by atoms with E-state index in [0.29, 0.717) is 0 Å². The van der Waals surface area contributed by atoms with Crippen molar-refractivity contribution in [2.45, 2.75) is 0 Å². The summed E-state index contributed by atoms with van der Waals surface area (Å²) in [5, 5.41) is 0. The van der Waals surface area contributed by atoms with E-state index in [0.717, 1.165) is 0 Å². The molecule has 0 bridgehead atoms. The van der Waals surface area contributed by atoms with Crippen LogP contribution in [0.4, 0.5) is 0 Å². The van der Waals surface area contributed by atoms with Crippen molar-refractivity contribution >= 4 is 26.7 Å². The number of hydrogen-bond donors (Lipinski definition) is 0. The molecule has 0 atom stereocenters. The maximum atomic E-state index is 8.40. The molecule has 0 saturated heterocycles. The summed E-state index contributed by atoms with van der Waals surface area (Å²) in [5.74, 6) is 0. The van der Waals surface area contributed by atoms with E-state index in [-0.39, 0.29) is 54.6 Å². The van der Waals surface area contributed by atoms with Gasteiger partial charge in [0.2, 0.25) is 0 Å². The molecule has 0 rings (SSSR count). The largest absolute Gasteiger partial charge is 3.00 e. The van der Waals surface area contributed by atoms with E-state index in [1.165, 1.54) is 0 Å². The molecule has 0 fully saturated rings. The van der Waals surface area contributed by atoms with E-state index < -0.39 is 9.29 Å².